The lowest BCUT2D eigenvalue weighted by atomic mass is 9.80. The summed E-state index contributed by atoms with van der Waals surface area (Å²) < 4.78 is 16.0. The quantitative estimate of drug-likeness (QED) is 0.292. The van der Waals surface area contributed by atoms with E-state index in [-0.39, 0.29) is 13.2 Å². The van der Waals surface area contributed by atoms with Crippen LogP contribution < -0.4 is 10.1 Å². The second-order valence-corrected chi connectivity index (χ2v) is 8.33. The van der Waals surface area contributed by atoms with Crippen molar-refractivity contribution < 1.29 is 28.6 Å². The molecule has 0 spiro atoms. The van der Waals surface area contributed by atoms with E-state index < -0.39 is 23.8 Å². The number of nitrogens with one attached hydrogen (secondary N) is 1. The van der Waals surface area contributed by atoms with Crippen LogP contribution in [0.4, 0.5) is 0 Å². The number of dihydropyridines is 1. The summed E-state index contributed by atoms with van der Waals surface area (Å²) in [6.07, 6.45) is 2.87. The Bertz CT molecular complexity index is 1200. The minimum Gasteiger partial charge on any atom is -0.463 e. The van der Waals surface area contributed by atoms with E-state index in [1.165, 1.54) is 6.08 Å². The SMILES string of the molecule is CCOC(=O)C1=C(C)NC(C)=C(C(=O)OCC)C1c1ccc(OC(=O)/C=C/c2ccccc2Cl)cc1. The van der Waals surface area contributed by atoms with Gasteiger partial charge >= 0.3 is 17.9 Å². The van der Waals surface area contributed by atoms with Gasteiger partial charge in [-0.1, -0.05) is 41.9 Å². The van der Waals surface area contributed by atoms with Crippen molar-refractivity contribution in [2.75, 3.05) is 13.2 Å². The van der Waals surface area contributed by atoms with Gasteiger partial charge in [0.15, 0.2) is 0 Å². The second-order valence-electron chi connectivity index (χ2n) is 7.92. The minimum atomic E-state index is -0.714. The van der Waals surface area contributed by atoms with Crippen LogP contribution >= 0.6 is 11.6 Å². The standard InChI is InChI=1S/C28H28ClNO6/c1-5-34-27(32)24-17(3)30-18(4)25(28(33)35-6-2)26(24)20-11-14-21(15-12-20)36-23(31)16-13-19-9-7-8-10-22(19)29/h7-16,26,30H,5-6H2,1-4H3/b16-13+. The Balaban J connectivity index is 1.89. The maximum absolute atomic E-state index is 12.9. The van der Waals surface area contributed by atoms with Crippen LogP contribution in [0.2, 0.25) is 5.02 Å². The Morgan fingerprint density at radius 3 is 1.97 bits per heavy atom. The Labute approximate surface area is 215 Å². The summed E-state index contributed by atoms with van der Waals surface area (Å²) in [6.45, 7) is 7.33. The van der Waals surface area contributed by atoms with Crippen LogP contribution in [0.5, 0.6) is 5.75 Å². The highest BCUT2D eigenvalue weighted by Crippen LogP contribution is 2.39. The van der Waals surface area contributed by atoms with E-state index in [1.807, 2.05) is 6.07 Å². The molecule has 0 saturated carbocycles. The number of carbonyl (C=O) groups is 3. The van der Waals surface area contributed by atoms with Crippen LogP contribution in [-0.2, 0) is 23.9 Å². The molecule has 0 unspecified atom stereocenters. The molecule has 0 aromatic heterocycles. The number of allylic oxidation sites excluding steroid dienone is 2. The van der Waals surface area contributed by atoms with Crippen molar-refractivity contribution in [1.82, 2.24) is 5.32 Å². The fraction of sp³-hybridized carbons (Fsp3) is 0.250. The smallest absolute Gasteiger partial charge is 0.336 e. The summed E-state index contributed by atoms with van der Waals surface area (Å²) in [5.74, 6) is -2.04. The molecular formula is C28H28ClNO6. The molecule has 36 heavy (non-hydrogen) atoms. The van der Waals surface area contributed by atoms with Gasteiger partial charge in [0.25, 0.3) is 0 Å². The molecular weight excluding hydrogens is 482 g/mol. The molecule has 0 saturated heterocycles. The van der Waals surface area contributed by atoms with E-state index in [9.17, 15) is 14.4 Å². The molecule has 0 radical (unpaired) electrons. The predicted molar refractivity (Wildman–Crippen MR) is 137 cm³/mol. The number of benzene rings is 2. The molecule has 1 aliphatic heterocycles. The van der Waals surface area contributed by atoms with Gasteiger partial charge in [-0.2, -0.15) is 0 Å². The molecule has 0 bridgehead atoms. The van der Waals surface area contributed by atoms with Crippen molar-refractivity contribution in [3.05, 3.63) is 93.3 Å². The number of halogens is 1. The zero-order valence-electron chi connectivity index (χ0n) is 20.6. The minimum absolute atomic E-state index is 0.191. The van der Waals surface area contributed by atoms with Crippen molar-refractivity contribution >= 4 is 35.6 Å². The van der Waals surface area contributed by atoms with Crippen LogP contribution in [0.15, 0.2) is 77.1 Å². The number of hydrogen-bond acceptors (Lipinski definition) is 7. The van der Waals surface area contributed by atoms with Gasteiger partial charge in [-0.05, 0) is 63.1 Å². The molecule has 1 aliphatic rings. The van der Waals surface area contributed by atoms with Crippen molar-refractivity contribution in [3.8, 4) is 5.75 Å². The molecule has 0 atom stereocenters. The van der Waals surface area contributed by atoms with Gasteiger partial charge in [0.05, 0.1) is 30.3 Å². The topological polar surface area (TPSA) is 90.9 Å². The van der Waals surface area contributed by atoms with Crippen LogP contribution in [0.25, 0.3) is 6.08 Å². The Morgan fingerprint density at radius 1 is 0.889 bits per heavy atom. The average Bonchev–Trinajstić information content (AvgIpc) is 2.83. The number of ether oxygens (including phenoxy) is 3. The number of hydrogen-bond donors (Lipinski definition) is 1. The summed E-state index contributed by atoms with van der Waals surface area (Å²) in [5.41, 5.74) is 3.15. The summed E-state index contributed by atoms with van der Waals surface area (Å²) in [6, 6.07) is 13.8. The zero-order chi connectivity index (χ0) is 26.2. The number of esters is 3. The first-order valence-electron chi connectivity index (χ1n) is 11.5. The largest absolute Gasteiger partial charge is 0.463 e. The fourth-order valence-electron chi connectivity index (χ4n) is 3.93. The Morgan fingerprint density at radius 2 is 1.44 bits per heavy atom. The molecule has 7 nitrogen and oxygen atoms in total. The average molecular weight is 510 g/mol. The lowest BCUT2D eigenvalue weighted by molar-refractivity contribution is -0.139. The highest BCUT2D eigenvalue weighted by Gasteiger charge is 2.37. The summed E-state index contributed by atoms with van der Waals surface area (Å²) in [4.78, 5) is 38.0. The van der Waals surface area contributed by atoms with E-state index in [4.69, 9.17) is 25.8 Å². The first-order chi connectivity index (χ1) is 17.3. The van der Waals surface area contributed by atoms with E-state index in [0.717, 1.165) is 0 Å². The van der Waals surface area contributed by atoms with Crippen molar-refractivity contribution in [2.24, 2.45) is 0 Å². The van der Waals surface area contributed by atoms with Crippen molar-refractivity contribution in [2.45, 2.75) is 33.6 Å². The van der Waals surface area contributed by atoms with Gasteiger partial charge in [-0.15, -0.1) is 0 Å². The van der Waals surface area contributed by atoms with Gasteiger partial charge < -0.3 is 19.5 Å². The highest BCUT2D eigenvalue weighted by atomic mass is 35.5. The normalized spacial score (nSPS) is 14.0. The molecule has 2 aromatic carbocycles. The maximum atomic E-state index is 12.9. The molecule has 188 valence electrons. The summed E-state index contributed by atoms with van der Waals surface area (Å²) in [7, 11) is 0. The van der Waals surface area contributed by atoms with Crippen LogP contribution in [0, 0.1) is 0 Å². The molecule has 0 aliphatic carbocycles. The molecule has 1 heterocycles. The van der Waals surface area contributed by atoms with Gasteiger partial charge in [-0.3, -0.25) is 0 Å². The zero-order valence-corrected chi connectivity index (χ0v) is 21.3. The fourth-order valence-corrected chi connectivity index (χ4v) is 4.13. The second kappa shape index (κ2) is 12.2. The maximum Gasteiger partial charge on any atom is 0.336 e. The molecule has 8 heteroatoms. The van der Waals surface area contributed by atoms with Gasteiger partial charge in [-0.25, -0.2) is 14.4 Å². The first kappa shape index (κ1) is 26.8. The van der Waals surface area contributed by atoms with E-state index in [1.54, 1.807) is 76.2 Å². The summed E-state index contributed by atoms with van der Waals surface area (Å²) in [5, 5.41) is 3.62. The molecule has 3 rings (SSSR count). The lowest BCUT2D eigenvalue weighted by Crippen LogP contribution is -2.32. The van der Waals surface area contributed by atoms with Crippen molar-refractivity contribution in [1.29, 1.82) is 0 Å². The Hall–Kier alpha value is -3.84. The third kappa shape index (κ3) is 6.23. The third-order valence-electron chi connectivity index (χ3n) is 5.49. The molecule has 0 fully saturated rings. The first-order valence-corrected chi connectivity index (χ1v) is 11.9. The van der Waals surface area contributed by atoms with Crippen LogP contribution in [-0.4, -0.2) is 31.1 Å². The number of carbonyl (C=O) groups excluding carboxylic acids is 3. The number of rotatable bonds is 8. The van der Waals surface area contributed by atoms with E-state index >= 15 is 0 Å². The summed E-state index contributed by atoms with van der Waals surface area (Å²) >= 11 is 6.11. The highest BCUT2D eigenvalue weighted by molar-refractivity contribution is 6.32. The molecule has 1 N–H and O–H groups in total. The van der Waals surface area contributed by atoms with Gasteiger partial charge in [0.2, 0.25) is 0 Å². The van der Waals surface area contributed by atoms with E-state index in [2.05, 4.69) is 5.32 Å². The third-order valence-corrected chi connectivity index (χ3v) is 5.83. The molecule has 2 aromatic rings. The lowest BCUT2D eigenvalue weighted by Gasteiger charge is -2.30. The monoisotopic (exact) mass is 509 g/mol. The predicted octanol–water partition coefficient (Wildman–Crippen LogP) is 5.32. The van der Waals surface area contributed by atoms with Crippen LogP contribution in [0.3, 0.4) is 0 Å². The van der Waals surface area contributed by atoms with Gasteiger partial charge in [0, 0.05) is 22.5 Å². The van der Waals surface area contributed by atoms with Crippen LogP contribution in [0.1, 0.15) is 44.7 Å². The Kier molecular flexibility index (Phi) is 9.08. The van der Waals surface area contributed by atoms with Gasteiger partial charge in [0.1, 0.15) is 5.75 Å². The van der Waals surface area contributed by atoms with Crippen molar-refractivity contribution in [3.63, 3.8) is 0 Å². The molecule has 0 amide bonds. The van der Waals surface area contributed by atoms with E-state index in [0.29, 0.717) is 44.4 Å².